The zero-order chi connectivity index (χ0) is 8.97. The highest BCUT2D eigenvalue weighted by Gasteiger charge is 2.16. The van der Waals surface area contributed by atoms with Crippen LogP contribution in [0.25, 0.3) is 0 Å². The first-order valence-electron chi connectivity index (χ1n) is 5.08. The number of allylic oxidation sites excluding steroid dienone is 2. The van der Waals surface area contributed by atoms with Crippen LogP contribution in [-0.4, -0.2) is 24.0 Å². The maximum Gasteiger partial charge on any atom is 0.0101 e. The van der Waals surface area contributed by atoms with Gasteiger partial charge in [-0.15, -0.1) is 0 Å². The summed E-state index contributed by atoms with van der Waals surface area (Å²) in [5.41, 5.74) is 0. The molecule has 0 atom stereocenters. The van der Waals surface area contributed by atoms with E-state index in [9.17, 15) is 0 Å². The predicted octanol–water partition coefficient (Wildman–Crippen LogP) is 2.83. The molecule has 0 aliphatic heterocycles. The highest BCUT2D eigenvalue weighted by Crippen LogP contribution is 2.18. The molecule has 12 heavy (non-hydrogen) atoms. The fourth-order valence-corrected chi connectivity index (χ4v) is 1.79. The minimum absolute atomic E-state index is 0.688. The summed E-state index contributed by atoms with van der Waals surface area (Å²) in [7, 11) is 2.25. The maximum atomic E-state index is 2.51. The van der Waals surface area contributed by atoms with Gasteiger partial charge in [-0.1, -0.05) is 12.2 Å². The van der Waals surface area contributed by atoms with Crippen molar-refractivity contribution in [2.24, 2.45) is 0 Å². The zero-order valence-corrected chi connectivity index (χ0v) is 8.59. The lowest BCUT2D eigenvalue weighted by Gasteiger charge is -2.30. The SMILES string of the molecule is CC(C)N(C)C1CCC=CCC1. The van der Waals surface area contributed by atoms with E-state index in [1.807, 2.05) is 0 Å². The maximum absolute atomic E-state index is 2.51. The molecule has 1 rings (SSSR count). The molecule has 0 saturated carbocycles. The van der Waals surface area contributed by atoms with E-state index in [1.54, 1.807) is 0 Å². The Balaban J connectivity index is 2.40. The molecule has 0 bridgehead atoms. The summed E-state index contributed by atoms with van der Waals surface area (Å²) < 4.78 is 0. The van der Waals surface area contributed by atoms with Gasteiger partial charge in [0.05, 0.1) is 0 Å². The van der Waals surface area contributed by atoms with Crippen molar-refractivity contribution >= 4 is 0 Å². The van der Waals surface area contributed by atoms with E-state index < -0.39 is 0 Å². The van der Waals surface area contributed by atoms with Crippen LogP contribution in [-0.2, 0) is 0 Å². The van der Waals surface area contributed by atoms with Gasteiger partial charge >= 0.3 is 0 Å². The van der Waals surface area contributed by atoms with E-state index in [4.69, 9.17) is 0 Å². The van der Waals surface area contributed by atoms with Crippen molar-refractivity contribution in [1.82, 2.24) is 4.90 Å². The molecule has 0 aromatic rings. The summed E-state index contributed by atoms with van der Waals surface area (Å²) in [5.74, 6) is 0. The van der Waals surface area contributed by atoms with Crippen LogP contribution in [0.15, 0.2) is 12.2 Å². The van der Waals surface area contributed by atoms with Gasteiger partial charge in [0.25, 0.3) is 0 Å². The molecule has 70 valence electrons. The number of nitrogens with zero attached hydrogens (tertiary/aromatic N) is 1. The van der Waals surface area contributed by atoms with Gasteiger partial charge in [0.15, 0.2) is 0 Å². The molecular weight excluding hydrogens is 146 g/mol. The van der Waals surface area contributed by atoms with E-state index in [2.05, 4.69) is 37.9 Å². The average Bonchev–Trinajstić information content (AvgIpc) is 2.30. The van der Waals surface area contributed by atoms with Crippen LogP contribution in [0, 0.1) is 0 Å². The normalized spacial score (nSPS) is 20.4. The lowest BCUT2D eigenvalue weighted by molar-refractivity contribution is 0.180. The van der Waals surface area contributed by atoms with Gasteiger partial charge in [-0.2, -0.15) is 0 Å². The quantitative estimate of drug-likeness (QED) is 0.572. The Morgan fingerprint density at radius 1 is 1.17 bits per heavy atom. The van der Waals surface area contributed by atoms with E-state index in [0.717, 1.165) is 6.04 Å². The topological polar surface area (TPSA) is 3.24 Å². The average molecular weight is 167 g/mol. The van der Waals surface area contributed by atoms with Crippen molar-refractivity contribution in [3.8, 4) is 0 Å². The molecular formula is C11H21N. The van der Waals surface area contributed by atoms with Gasteiger partial charge in [0, 0.05) is 12.1 Å². The van der Waals surface area contributed by atoms with Crippen molar-refractivity contribution in [3.05, 3.63) is 12.2 Å². The smallest absolute Gasteiger partial charge is 0.0101 e. The third-order valence-electron chi connectivity index (χ3n) is 2.89. The van der Waals surface area contributed by atoms with Gasteiger partial charge in [-0.25, -0.2) is 0 Å². The molecule has 0 heterocycles. The summed E-state index contributed by atoms with van der Waals surface area (Å²) in [4.78, 5) is 2.51. The molecule has 1 heteroatoms. The van der Waals surface area contributed by atoms with Crippen molar-refractivity contribution < 1.29 is 0 Å². The molecule has 0 amide bonds. The van der Waals surface area contributed by atoms with Crippen molar-refractivity contribution in [1.29, 1.82) is 0 Å². The second-order valence-electron chi connectivity index (χ2n) is 4.04. The van der Waals surface area contributed by atoms with Gasteiger partial charge in [-0.3, -0.25) is 0 Å². The van der Waals surface area contributed by atoms with Crippen molar-refractivity contribution in [2.75, 3.05) is 7.05 Å². The number of hydrogen-bond donors (Lipinski definition) is 0. The van der Waals surface area contributed by atoms with Crippen LogP contribution >= 0.6 is 0 Å². The lowest BCUT2D eigenvalue weighted by Crippen LogP contribution is -2.36. The fraction of sp³-hybridized carbons (Fsp3) is 0.818. The summed E-state index contributed by atoms with van der Waals surface area (Å²) in [6, 6.07) is 1.49. The first-order chi connectivity index (χ1) is 5.72. The Morgan fingerprint density at radius 2 is 1.67 bits per heavy atom. The molecule has 0 radical (unpaired) electrons. The Hall–Kier alpha value is -0.300. The standard InChI is InChI=1S/C11H21N/c1-10(2)12(3)11-8-6-4-5-7-9-11/h4-5,10-11H,6-9H2,1-3H3. The van der Waals surface area contributed by atoms with Crippen molar-refractivity contribution in [3.63, 3.8) is 0 Å². The third-order valence-corrected chi connectivity index (χ3v) is 2.89. The molecule has 0 aromatic carbocycles. The molecule has 0 fully saturated rings. The highest BCUT2D eigenvalue weighted by atomic mass is 15.1. The van der Waals surface area contributed by atoms with Crippen LogP contribution in [0.3, 0.4) is 0 Å². The Kier molecular flexibility index (Phi) is 3.80. The molecule has 0 spiro atoms. The van der Waals surface area contributed by atoms with E-state index in [1.165, 1.54) is 25.7 Å². The van der Waals surface area contributed by atoms with E-state index in [-0.39, 0.29) is 0 Å². The first kappa shape index (κ1) is 9.79. The summed E-state index contributed by atoms with van der Waals surface area (Å²) in [5, 5.41) is 0. The lowest BCUT2D eigenvalue weighted by atomic mass is 10.1. The predicted molar refractivity (Wildman–Crippen MR) is 54.3 cm³/mol. The molecule has 0 N–H and O–H groups in total. The minimum Gasteiger partial charge on any atom is -0.301 e. The van der Waals surface area contributed by atoms with Gasteiger partial charge < -0.3 is 4.90 Å². The monoisotopic (exact) mass is 167 g/mol. The molecule has 1 aliphatic carbocycles. The van der Waals surface area contributed by atoms with Gasteiger partial charge in [0.1, 0.15) is 0 Å². The summed E-state index contributed by atoms with van der Waals surface area (Å²) in [6.07, 6.45) is 9.86. The first-order valence-corrected chi connectivity index (χ1v) is 5.08. The largest absolute Gasteiger partial charge is 0.301 e. The molecule has 1 nitrogen and oxygen atoms in total. The van der Waals surface area contributed by atoms with Crippen LogP contribution < -0.4 is 0 Å². The Labute approximate surface area is 76.5 Å². The molecule has 1 aliphatic rings. The number of rotatable bonds is 2. The number of hydrogen-bond acceptors (Lipinski definition) is 1. The Morgan fingerprint density at radius 3 is 2.08 bits per heavy atom. The van der Waals surface area contributed by atoms with Crippen molar-refractivity contribution in [2.45, 2.75) is 51.6 Å². The van der Waals surface area contributed by atoms with Crippen LogP contribution in [0.2, 0.25) is 0 Å². The van der Waals surface area contributed by atoms with Gasteiger partial charge in [0.2, 0.25) is 0 Å². The molecule has 0 aromatic heterocycles. The summed E-state index contributed by atoms with van der Waals surface area (Å²) >= 11 is 0. The zero-order valence-electron chi connectivity index (χ0n) is 8.59. The summed E-state index contributed by atoms with van der Waals surface area (Å²) in [6.45, 7) is 4.55. The fourth-order valence-electron chi connectivity index (χ4n) is 1.79. The van der Waals surface area contributed by atoms with Gasteiger partial charge in [-0.05, 0) is 46.6 Å². The Bertz CT molecular complexity index is 139. The minimum atomic E-state index is 0.688. The van der Waals surface area contributed by atoms with Crippen LogP contribution in [0.1, 0.15) is 39.5 Å². The second-order valence-corrected chi connectivity index (χ2v) is 4.04. The van der Waals surface area contributed by atoms with Crippen LogP contribution in [0.5, 0.6) is 0 Å². The molecule has 0 saturated heterocycles. The van der Waals surface area contributed by atoms with E-state index in [0.29, 0.717) is 6.04 Å². The second kappa shape index (κ2) is 4.66. The molecule has 0 unspecified atom stereocenters. The van der Waals surface area contributed by atoms with E-state index >= 15 is 0 Å². The highest BCUT2D eigenvalue weighted by molar-refractivity contribution is 4.89. The van der Waals surface area contributed by atoms with Crippen LogP contribution in [0.4, 0.5) is 0 Å². The third kappa shape index (κ3) is 2.63.